The highest BCUT2D eigenvalue weighted by molar-refractivity contribution is 7.16. The molecule has 0 aliphatic heterocycles. The monoisotopic (exact) mass is 318 g/mol. The minimum atomic E-state index is -0.125. The van der Waals surface area contributed by atoms with Crippen LogP contribution in [-0.2, 0) is 0 Å². The molecule has 5 heteroatoms. The molecular weight excluding hydrogens is 296 g/mol. The van der Waals surface area contributed by atoms with Crippen LogP contribution in [-0.4, -0.2) is 19.1 Å². The fourth-order valence-corrected chi connectivity index (χ4v) is 3.46. The molecule has 0 unspecified atom stereocenters. The SMILES string of the molecule is COc1ccc(-c2c(C)sc(N)c2C(=O)NC(C)C)cc1C. The molecule has 2 aromatic rings. The molecule has 1 aromatic carbocycles. The summed E-state index contributed by atoms with van der Waals surface area (Å²) >= 11 is 1.45. The number of carbonyl (C=O) groups is 1. The van der Waals surface area contributed by atoms with Crippen molar-refractivity contribution in [1.29, 1.82) is 0 Å². The summed E-state index contributed by atoms with van der Waals surface area (Å²) in [6.07, 6.45) is 0. The average Bonchev–Trinajstić information content (AvgIpc) is 2.72. The Balaban J connectivity index is 2.55. The first-order chi connectivity index (χ1) is 10.3. The third-order valence-electron chi connectivity index (χ3n) is 3.44. The third-order valence-corrected chi connectivity index (χ3v) is 4.38. The zero-order valence-corrected chi connectivity index (χ0v) is 14.4. The number of nitrogen functional groups attached to an aromatic ring is 1. The Morgan fingerprint density at radius 1 is 1.32 bits per heavy atom. The fourth-order valence-electron chi connectivity index (χ4n) is 2.51. The van der Waals surface area contributed by atoms with E-state index in [0.717, 1.165) is 27.3 Å². The molecule has 0 aliphatic rings. The lowest BCUT2D eigenvalue weighted by molar-refractivity contribution is 0.0945. The van der Waals surface area contributed by atoms with Crippen LogP contribution in [0.3, 0.4) is 0 Å². The standard InChI is InChI=1S/C17H22N2O2S/c1-9(2)19-17(20)15-14(11(4)22-16(15)18)12-6-7-13(21-5)10(3)8-12/h6-9H,18H2,1-5H3,(H,19,20). The Morgan fingerprint density at radius 2 is 2.00 bits per heavy atom. The van der Waals surface area contributed by atoms with Gasteiger partial charge in [-0.15, -0.1) is 11.3 Å². The number of anilines is 1. The number of nitrogens with one attached hydrogen (secondary N) is 1. The second-order valence-corrected chi connectivity index (χ2v) is 6.84. The summed E-state index contributed by atoms with van der Waals surface area (Å²) in [7, 11) is 1.65. The lowest BCUT2D eigenvalue weighted by atomic mass is 9.98. The summed E-state index contributed by atoms with van der Waals surface area (Å²) in [5.74, 6) is 0.707. The van der Waals surface area contributed by atoms with Gasteiger partial charge in [0.25, 0.3) is 5.91 Å². The van der Waals surface area contributed by atoms with Crippen LogP contribution in [0.1, 0.15) is 34.6 Å². The molecule has 1 heterocycles. The molecule has 0 saturated carbocycles. The number of amides is 1. The van der Waals surface area contributed by atoms with Gasteiger partial charge >= 0.3 is 0 Å². The van der Waals surface area contributed by atoms with E-state index >= 15 is 0 Å². The van der Waals surface area contributed by atoms with E-state index < -0.39 is 0 Å². The highest BCUT2D eigenvalue weighted by atomic mass is 32.1. The maximum Gasteiger partial charge on any atom is 0.255 e. The predicted octanol–water partition coefficient (Wildman–Crippen LogP) is 3.76. The molecule has 0 spiro atoms. The largest absolute Gasteiger partial charge is 0.496 e. The Kier molecular flexibility index (Phi) is 4.76. The Morgan fingerprint density at radius 3 is 2.55 bits per heavy atom. The minimum Gasteiger partial charge on any atom is -0.496 e. The van der Waals surface area contributed by atoms with Crippen molar-refractivity contribution in [3.8, 4) is 16.9 Å². The lowest BCUT2D eigenvalue weighted by Crippen LogP contribution is -2.30. The molecule has 0 fully saturated rings. The molecule has 22 heavy (non-hydrogen) atoms. The second-order valence-electron chi connectivity index (χ2n) is 5.59. The van der Waals surface area contributed by atoms with E-state index in [4.69, 9.17) is 10.5 Å². The Bertz CT molecular complexity index is 705. The number of carbonyl (C=O) groups excluding carboxylic acids is 1. The first-order valence-corrected chi connectivity index (χ1v) is 8.01. The van der Waals surface area contributed by atoms with E-state index in [-0.39, 0.29) is 11.9 Å². The number of nitrogens with two attached hydrogens (primary N) is 1. The molecule has 3 N–H and O–H groups in total. The zero-order valence-electron chi connectivity index (χ0n) is 13.6. The van der Waals surface area contributed by atoms with Crippen LogP contribution in [0.4, 0.5) is 5.00 Å². The normalized spacial score (nSPS) is 10.8. The maximum atomic E-state index is 12.5. The summed E-state index contributed by atoms with van der Waals surface area (Å²) in [5, 5.41) is 3.48. The quantitative estimate of drug-likeness (QED) is 0.902. The smallest absolute Gasteiger partial charge is 0.255 e. The van der Waals surface area contributed by atoms with Crippen LogP contribution < -0.4 is 15.8 Å². The molecule has 0 saturated heterocycles. The minimum absolute atomic E-state index is 0.0672. The van der Waals surface area contributed by atoms with E-state index in [1.54, 1.807) is 7.11 Å². The molecule has 0 bridgehead atoms. The van der Waals surface area contributed by atoms with E-state index in [0.29, 0.717) is 10.6 Å². The van der Waals surface area contributed by atoms with Gasteiger partial charge in [-0.2, -0.15) is 0 Å². The fraction of sp³-hybridized carbons (Fsp3) is 0.353. The van der Waals surface area contributed by atoms with Gasteiger partial charge < -0.3 is 15.8 Å². The summed E-state index contributed by atoms with van der Waals surface area (Å²) in [5.41, 5.74) is 9.57. The Hall–Kier alpha value is -2.01. The van der Waals surface area contributed by atoms with Crippen molar-refractivity contribution in [2.45, 2.75) is 33.7 Å². The van der Waals surface area contributed by atoms with Crippen molar-refractivity contribution in [2.75, 3.05) is 12.8 Å². The summed E-state index contributed by atoms with van der Waals surface area (Å²) in [4.78, 5) is 13.5. The van der Waals surface area contributed by atoms with Gasteiger partial charge in [0.15, 0.2) is 0 Å². The summed E-state index contributed by atoms with van der Waals surface area (Å²) < 4.78 is 5.30. The number of benzene rings is 1. The van der Waals surface area contributed by atoms with Crippen LogP contribution in [0.2, 0.25) is 0 Å². The van der Waals surface area contributed by atoms with Crippen molar-refractivity contribution in [3.63, 3.8) is 0 Å². The van der Waals surface area contributed by atoms with Gasteiger partial charge in [0.2, 0.25) is 0 Å². The first-order valence-electron chi connectivity index (χ1n) is 7.19. The molecule has 0 atom stereocenters. The number of rotatable bonds is 4. The van der Waals surface area contributed by atoms with Crippen molar-refractivity contribution in [1.82, 2.24) is 5.32 Å². The topological polar surface area (TPSA) is 64.3 Å². The van der Waals surface area contributed by atoms with Crippen LogP contribution in [0.25, 0.3) is 11.1 Å². The van der Waals surface area contributed by atoms with Crippen LogP contribution in [0, 0.1) is 13.8 Å². The lowest BCUT2D eigenvalue weighted by Gasteiger charge is -2.12. The van der Waals surface area contributed by atoms with Crippen LogP contribution in [0.15, 0.2) is 18.2 Å². The van der Waals surface area contributed by atoms with Gasteiger partial charge in [-0.05, 0) is 51.0 Å². The van der Waals surface area contributed by atoms with Gasteiger partial charge in [-0.1, -0.05) is 6.07 Å². The second kappa shape index (κ2) is 6.40. The van der Waals surface area contributed by atoms with Gasteiger partial charge in [-0.3, -0.25) is 4.79 Å². The summed E-state index contributed by atoms with van der Waals surface area (Å²) in [6.45, 7) is 7.85. The molecule has 1 aromatic heterocycles. The number of methoxy groups -OCH3 is 1. The molecule has 1 amide bonds. The van der Waals surface area contributed by atoms with Crippen molar-refractivity contribution in [2.24, 2.45) is 0 Å². The third kappa shape index (κ3) is 3.09. The molecular formula is C17H22N2O2S. The first kappa shape index (κ1) is 16.4. The molecule has 118 valence electrons. The van der Waals surface area contributed by atoms with E-state index in [2.05, 4.69) is 5.32 Å². The predicted molar refractivity (Wildman–Crippen MR) is 92.8 cm³/mol. The highest BCUT2D eigenvalue weighted by Gasteiger charge is 2.22. The van der Waals surface area contributed by atoms with Crippen LogP contribution >= 0.6 is 11.3 Å². The number of hydrogen-bond acceptors (Lipinski definition) is 4. The van der Waals surface area contributed by atoms with Gasteiger partial charge in [0, 0.05) is 16.5 Å². The Labute approximate surface area is 135 Å². The van der Waals surface area contributed by atoms with Crippen molar-refractivity contribution in [3.05, 3.63) is 34.2 Å². The van der Waals surface area contributed by atoms with Crippen molar-refractivity contribution < 1.29 is 9.53 Å². The zero-order chi connectivity index (χ0) is 16.4. The molecule has 0 radical (unpaired) electrons. The number of aryl methyl sites for hydroxylation is 2. The summed E-state index contributed by atoms with van der Waals surface area (Å²) in [6, 6.07) is 5.98. The van der Waals surface area contributed by atoms with Crippen molar-refractivity contribution >= 4 is 22.2 Å². The van der Waals surface area contributed by atoms with E-state index in [9.17, 15) is 4.79 Å². The van der Waals surface area contributed by atoms with Gasteiger partial charge in [0.05, 0.1) is 17.7 Å². The number of thiophene rings is 1. The van der Waals surface area contributed by atoms with E-state index in [1.807, 2.05) is 45.9 Å². The molecule has 2 rings (SSSR count). The molecule has 0 aliphatic carbocycles. The highest BCUT2D eigenvalue weighted by Crippen LogP contribution is 2.39. The number of hydrogen-bond donors (Lipinski definition) is 2. The average molecular weight is 318 g/mol. The van der Waals surface area contributed by atoms with E-state index in [1.165, 1.54) is 11.3 Å². The molecule has 4 nitrogen and oxygen atoms in total. The van der Waals surface area contributed by atoms with Gasteiger partial charge in [0.1, 0.15) is 5.75 Å². The number of ether oxygens (including phenoxy) is 1. The maximum absolute atomic E-state index is 12.5. The van der Waals surface area contributed by atoms with Crippen LogP contribution in [0.5, 0.6) is 5.75 Å². The van der Waals surface area contributed by atoms with Gasteiger partial charge in [-0.25, -0.2) is 0 Å².